The highest BCUT2D eigenvalue weighted by atomic mass is 15.1. The summed E-state index contributed by atoms with van der Waals surface area (Å²) in [6.45, 7) is 0. The van der Waals surface area contributed by atoms with Gasteiger partial charge in [-0.3, -0.25) is 0 Å². The van der Waals surface area contributed by atoms with Crippen molar-refractivity contribution in [1.82, 2.24) is 13.7 Å². The van der Waals surface area contributed by atoms with Crippen LogP contribution in [0, 0.1) is 0 Å². The fourth-order valence-corrected chi connectivity index (χ4v) is 7.65. The number of benzene rings is 7. The minimum atomic E-state index is 1.16. The molecule has 0 N–H and O–H groups in total. The number of nitrogens with zero attached hydrogens (tertiary/aromatic N) is 3. The van der Waals surface area contributed by atoms with Crippen LogP contribution in [0.25, 0.3) is 82.5 Å². The first-order valence-corrected chi connectivity index (χ1v) is 15.5. The summed E-state index contributed by atoms with van der Waals surface area (Å²) in [4.78, 5) is 0. The Morgan fingerprint density at radius 3 is 1.36 bits per heavy atom. The summed E-state index contributed by atoms with van der Waals surface area (Å²) in [5, 5.41) is 7.53. The van der Waals surface area contributed by atoms with E-state index >= 15 is 0 Å². The average Bonchev–Trinajstić information content (AvgIpc) is 3.75. The van der Waals surface area contributed by atoms with Crippen LogP contribution in [0.15, 0.2) is 164 Å². The third-order valence-electron chi connectivity index (χ3n) is 9.43. The van der Waals surface area contributed by atoms with Gasteiger partial charge in [0.1, 0.15) is 0 Å². The molecule has 7 aromatic carbocycles. The Labute approximate surface area is 259 Å². The molecule has 3 nitrogen and oxygen atoms in total. The molecule has 10 aromatic rings. The fourth-order valence-electron chi connectivity index (χ4n) is 7.65. The minimum absolute atomic E-state index is 1.16. The maximum Gasteiger partial charge on any atom is 0.0782 e. The van der Waals surface area contributed by atoms with E-state index in [0.717, 1.165) is 11.4 Å². The molecule has 3 aromatic heterocycles. The summed E-state index contributed by atoms with van der Waals surface area (Å²) in [5.74, 6) is 0. The van der Waals surface area contributed by atoms with Gasteiger partial charge in [-0.25, -0.2) is 0 Å². The Morgan fingerprint density at radius 2 is 0.689 bits per heavy atom. The first-order chi connectivity index (χ1) is 22.4. The van der Waals surface area contributed by atoms with E-state index in [1.807, 2.05) is 0 Å². The molecule has 0 aliphatic rings. The second kappa shape index (κ2) is 9.22. The van der Waals surface area contributed by atoms with Crippen molar-refractivity contribution in [2.45, 2.75) is 0 Å². The number of hydrogen-bond donors (Lipinski definition) is 0. The van der Waals surface area contributed by atoms with Crippen molar-refractivity contribution in [3.8, 4) is 17.1 Å². The van der Waals surface area contributed by atoms with Gasteiger partial charge >= 0.3 is 0 Å². The van der Waals surface area contributed by atoms with Gasteiger partial charge in [-0.2, -0.15) is 0 Å². The quantitative estimate of drug-likeness (QED) is 0.200. The van der Waals surface area contributed by atoms with Crippen molar-refractivity contribution in [2.24, 2.45) is 0 Å². The molecule has 210 valence electrons. The Hall–Kier alpha value is -6.06. The molecule has 0 unspecified atom stereocenters. The molecule has 3 heterocycles. The Kier molecular flexibility index (Phi) is 5.00. The van der Waals surface area contributed by atoms with Gasteiger partial charge in [0.2, 0.25) is 0 Å². The van der Waals surface area contributed by atoms with Gasteiger partial charge in [0.05, 0.1) is 44.5 Å². The van der Waals surface area contributed by atoms with Gasteiger partial charge in [-0.15, -0.1) is 0 Å². The minimum Gasteiger partial charge on any atom is -0.309 e. The van der Waals surface area contributed by atoms with Gasteiger partial charge in [-0.1, -0.05) is 109 Å². The topological polar surface area (TPSA) is 14.8 Å². The highest BCUT2D eigenvalue weighted by Gasteiger charge is 2.22. The summed E-state index contributed by atoms with van der Waals surface area (Å²) in [7, 11) is 0. The molecule has 0 spiro atoms. The van der Waals surface area contributed by atoms with E-state index in [0.29, 0.717) is 0 Å². The molecule has 0 atom stereocenters. The van der Waals surface area contributed by atoms with E-state index in [9.17, 15) is 0 Å². The molecular formula is C42H27N3. The zero-order chi connectivity index (χ0) is 29.5. The normalized spacial score (nSPS) is 12.0. The van der Waals surface area contributed by atoms with Crippen LogP contribution < -0.4 is 0 Å². The molecule has 0 bridgehead atoms. The standard InChI is InChI=1S/C42H27N3/c1-2-14-28(15-3-1)43-34-21-8-6-18-31(34)32-20-12-27-40(42(32)43)45-37-24-11-7-19-33(37)41-38(25-13-26-39(41)45)44-35-22-9-4-16-29(35)30-17-5-10-23-36(30)44/h1-27H. The van der Waals surface area contributed by atoms with E-state index in [2.05, 4.69) is 177 Å². The van der Waals surface area contributed by atoms with Crippen LogP contribution in [0.5, 0.6) is 0 Å². The van der Waals surface area contributed by atoms with E-state index in [1.54, 1.807) is 0 Å². The van der Waals surface area contributed by atoms with E-state index < -0.39 is 0 Å². The Bertz CT molecular complexity index is 2700. The molecule has 10 rings (SSSR count). The Morgan fingerprint density at radius 1 is 0.267 bits per heavy atom. The zero-order valence-corrected chi connectivity index (χ0v) is 24.4. The number of fused-ring (bicyclic) bond motifs is 9. The molecule has 0 radical (unpaired) electrons. The molecule has 0 amide bonds. The highest BCUT2D eigenvalue weighted by molar-refractivity contribution is 6.18. The van der Waals surface area contributed by atoms with Crippen LogP contribution in [-0.4, -0.2) is 13.7 Å². The van der Waals surface area contributed by atoms with E-state index in [4.69, 9.17) is 0 Å². The lowest BCUT2D eigenvalue weighted by atomic mass is 10.1. The molecule has 0 aliphatic carbocycles. The monoisotopic (exact) mass is 573 g/mol. The van der Waals surface area contributed by atoms with Crippen LogP contribution >= 0.6 is 0 Å². The van der Waals surface area contributed by atoms with E-state index in [-0.39, 0.29) is 0 Å². The second-order valence-corrected chi connectivity index (χ2v) is 11.8. The predicted molar refractivity (Wildman–Crippen MR) is 189 cm³/mol. The number of para-hydroxylation sites is 6. The van der Waals surface area contributed by atoms with Crippen molar-refractivity contribution in [2.75, 3.05) is 0 Å². The average molecular weight is 574 g/mol. The largest absolute Gasteiger partial charge is 0.309 e. The lowest BCUT2D eigenvalue weighted by Gasteiger charge is -2.15. The first-order valence-electron chi connectivity index (χ1n) is 15.5. The van der Waals surface area contributed by atoms with Crippen LogP contribution in [0.2, 0.25) is 0 Å². The SMILES string of the molecule is c1ccc(-n2c3ccccc3c3cccc(-n4c5ccccc5c5c(-n6c7ccccc7c7ccccc76)cccc54)c32)cc1. The van der Waals surface area contributed by atoms with Gasteiger partial charge in [0.15, 0.2) is 0 Å². The molecule has 0 fully saturated rings. The lowest BCUT2D eigenvalue weighted by molar-refractivity contribution is 1.13. The van der Waals surface area contributed by atoms with E-state index in [1.165, 1.54) is 71.1 Å². The zero-order valence-electron chi connectivity index (χ0n) is 24.4. The molecule has 0 saturated carbocycles. The van der Waals surface area contributed by atoms with Gasteiger partial charge in [-0.05, 0) is 54.6 Å². The van der Waals surface area contributed by atoms with Crippen molar-refractivity contribution < 1.29 is 0 Å². The summed E-state index contributed by atoms with van der Waals surface area (Å²) in [6, 6.07) is 59.4. The van der Waals surface area contributed by atoms with Crippen LogP contribution in [-0.2, 0) is 0 Å². The number of rotatable bonds is 3. The fraction of sp³-hybridized carbons (Fsp3) is 0. The van der Waals surface area contributed by atoms with Crippen molar-refractivity contribution >= 4 is 65.4 Å². The lowest BCUT2D eigenvalue weighted by Crippen LogP contribution is -2.01. The van der Waals surface area contributed by atoms with Crippen LogP contribution in [0.4, 0.5) is 0 Å². The molecule has 0 aliphatic heterocycles. The summed E-state index contributed by atoms with van der Waals surface area (Å²) < 4.78 is 7.35. The summed E-state index contributed by atoms with van der Waals surface area (Å²) >= 11 is 0. The van der Waals surface area contributed by atoms with Gasteiger partial charge in [0.25, 0.3) is 0 Å². The number of aromatic nitrogens is 3. The third-order valence-corrected chi connectivity index (χ3v) is 9.43. The summed E-state index contributed by atoms with van der Waals surface area (Å²) in [5.41, 5.74) is 10.7. The molecule has 0 saturated heterocycles. The maximum atomic E-state index is 2.47. The Balaban J connectivity index is 1.38. The van der Waals surface area contributed by atoms with Gasteiger partial charge in [0, 0.05) is 38.0 Å². The van der Waals surface area contributed by atoms with Crippen molar-refractivity contribution in [1.29, 1.82) is 0 Å². The maximum absolute atomic E-state index is 2.47. The molecule has 45 heavy (non-hydrogen) atoms. The van der Waals surface area contributed by atoms with Crippen LogP contribution in [0.3, 0.4) is 0 Å². The predicted octanol–water partition coefficient (Wildman–Crippen LogP) is 11.0. The number of hydrogen-bond acceptors (Lipinski definition) is 0. The van der Waals surface area contributed by atoms with Crippen molar-refractivity contribution in [3.63, 3.8) is 0 Å². The first kappa shape index (κ1) is 24.4. The second-order valence-electron chi connectivity index (χ2n) is 11.8. The molecule has 3 heteroatoms. The smallest absolute Gasteiger partial charge is 0.0782 e. The van der Waals surface area contributed by atoms with Gasteiger partial charge < -0.3 is 13.7 Å². The van der Waals surface area contributed by atoms with Crippen LogP contribution in [0.1, 0.15) is 0 Å². The van der Waals surface area contributed by atoms with Crippen molar-refractivity contribution in [3.05, 3.63) is 164 Å². The summed E-state index contributed by atoms with van der Waals surface area (Å²) in [6.07, 6.45) is 0. The highest BCUT2D eigenvalue weighted by Crippen LogP contribution is 2.42. The third kappa shape index (κ3) is 3.30. The molecular weight excluding hydrogens is 546 g/mol.